The first-order chi connectivity index (χ1) is 13.4. The molecule has 0 aromatic carbocycles. The molecule has 0 unspecified atom stereocenters. The molecule has 4 aliphatic rings. The minimum Gasteiger partial charge on any atom is -0.465 e. The van der Waals surface area contributed by atoms with Gasteiger partial charge in [-0.25, -0.2) is 0 Å². The van der Waals surface area contributed by atoms with Crippen molar-refractivity contribution in [3.05, 3.63) is 45.3 Å². The molecular weight excluding hydrogens is 332 g/mol. The van der Waals surface area contributed by atoms with Crippen LogP contribution in [0.25, 0.3) is 0 Å². The molecule has 2 aromatic rings. The highest BCUT2D eigenvalue weighted by atomic mass is 16.3. The molecule has 0 fully saturated rings. The van der Waals surface area contributed by atoms with E-state index in [1.165, 1.54) is 119 Å². The normalized spacial score (nSPS) is 26.8. The van der Waals surface area contributed by atoms with Crippen LogP contribution in [0.3, 0.4) is 0 Å². The molecule has 0 spiro atoms. The average Bonchev–Trinajstić information content (AvgIpc) is 3.28. The lowest BCUT2D eigenvalue weighted by atomic mass is 9.76. The summed E-state index contributed by atoms with van der Waals surface area (Å²) in [6.45, 7) is 0. The van der Waals surface area contributed by atoms with Gasteiger partial charge >= 0.3 is 0 Å². The maximum Gasteiger partial charge on any atom is 0.110 e. The molecule has 2 nitrogen and oxygen atoms in total. The number of aryl methyl sites for hydroxylation is 2. The van der Waals surface area contributed by atoms with Gasteiger partial charge in [-0.05, 0) is 106 Å². The van der Waals surface area contributed by atoms with E-state index in [9.17, 15) is 0 Å². The van der Waals surface area contributed by atoms with Gasteiger partial charge in [0.1, 0.15) is 23.0 Å². The van der Waals surface area contributed by atoms with Crippen molar-refractivity contribution in [1.82, 2.24) is 0 Å². The highest BCUT2D eigenvalue weighted by molar-refractivity contribution is 5.41. The summed E-state index contributed by atoms with van der Waals surface area (Å²) >= 11 is 0. The van der Waals surface area contributed by atoms with Gasteiger partial charge < -0.3 is 8.83 Å². The smallest absolute Gasteiger partial charge is 0.110 e. The van der Waals surface area contributed by atoms with Crippen molar-refractivity contribution in [2.24, 2.45) is 0 Å². The fraction of sp³-hybridized carbons (Fsp3) is 0.680. The zero-order chi connectivity index (χ0) is 17.8. The zero-order valence-electron chi connectivity index (χ0n) is 16.6. The molecule has 0 saturated heterocycles. The van der Waals surface area contributed by atoms with Gasteiger partial charge in [0.25, 0.3) is 0 Å². The summed E-state index contributed by atoms with van der Waals surface area (Å²) in [5.74, 6) is 6.70. The van der Waals surface area contributed by atoms with Crippen LogP contribution in [0.2, 0.25) is 0 Å². The van der Waals surface area contributed by atoms with Crippen LogP contribution in [0.15, 0.2) is 8.83 Å². The molecule has 2 heteroatoms. The number of rotatable bonds is 2. The quantitative estimate of drug-likeness (QED) is 0.603. The van der Waals surface area contributed by atoms with Crippen LogP contribution >= 0.6 is 0 Å². The standard InChI is InChI=1S/C25H32O2/c1-3-13-22-18(9-1)20-11-5-7-16(24(20)26-22)15-17-8-6-12-21-19-10-2-4-14-23(19)27-25(17)21/h16-17H,1-15H2/t16-,17+. The fourth-order valence-corrected chi connectivity index (χ4v) is 6.62. The summed E-state index contributed by atoms with van der Waals surface area (Å²) in [4.78, 5) is 0. The van der Waals surface area contributed by atoms with Crippen molar-refractivity contribution in [2.45, 2.75) is 108 Å². The summed E-state index contributed by atoms with van der Waals surface area (Å²) in [6, 6.07) is 0. The van der Waals surface area contributed by atoms with Crippen LogP contribution in [-0.4, -0.2) is 0 Å². The molecule has 2 aromatic heterocycles. The Morgan fingerprint density at radius 2 is 0.963 bits per heavy atom. The first-order valence-corrected chi connectivity index (χ1v) is 11.6. The molecule has 2 heterocycles. The molecule has 2 atom stereocenters. The van der Waals surface area contributed by atoms with Gasteiger partial charge in [0.2, 0.25) is 0 Å². The maximum atomic E-state index is 6.52. The summed E-state index contributed by atoms with van der Waals surface area (Å²) in [5.41, 5.74) is 6.46. The van der Waals surface area contributed by atoms with Crippen LogP contribution in [-0.2, 0) is 38.5 Å². The van der Waals surface area contributed by atoms with Gasteiger partial charge in [-0.3, -0.25) is 0 Å². The number of hydrogen-bond acceptors (Lipinski definition) is 2. The first kappa shape index (κ1) is 16.5. The summed E-state index contributed by atoms with van der Waals surface area (Å²) in [7, 11) is 0. The second-order valence-electron chi connectivity index (χ2n) is 9.52. The van der Waals surface area contributed by atoms with E-state index >= 15 is 0 Å². The van der Waals surface area contributed by atoms with Gasteiger partial charge in [-0.15, -0.1) is 0 Å². The topological polar surface area (TPSA) is 26.3 Å². The van der Waals surface area contributed by atoms with Crippen LogP contribution in [0.5, 0.6) is 0 Å². The van der Waals surface area contributed by atoms with Crippen molar-refractivity contribution >= 4 is 0 Å². The minimum atomic E-state index is 0.623. The Kier molecular flexibility index (Phi) is 4.02. The molecule has 0 amide bonds. The number of hydrogen-bond donors (Lipinski definition) is 0. The molecular formula is C25H32O2. The van der Waals surface area contributed by atoms with E-state index in [0.29, 0.717) is 11.8 Å². The zero-order valence-corrected chi connectivity index (χ0v) is 16.6. The average molecular weight is 365 g/mol. The van der Waals surface area contributed by atoms with Crippen molar-refractivity contribution in [2.75, 3.05) is 0 Å². The Bertz CT molecular complexity index is 782. The third-order valence-corrected chi connectivity index (χ3v) is 7.89. The molecule has 144 valence electrons. The minimum absolute atomic E-state index is 0.623. The molecule has 0 saturated carbocycles. The summed E-state index contributed by atoms with van der Waals surface area (Å²) in [5, 5.41) is 0. The number of furan rings is 2. The van der Waals surface area contributed by atoms with Crippen molar-refractivity contribution in [3.63, 3.8) is 0 Å². The Morgan fingerprint density at radius 3 is 1.48 bits per heavy atom. The molecule has 0 aliphatic heterocycles. The van der Waals surface area contributed by atoms with Crippen molar-refractivity contribution < 1.29 is 8.83 Å². The fourth-order valence-electron chi connectivity index (χ4n) is 6.62. The van der Waals surface area contributed by atoms with Gasteiger partial charge in [0, 0.05) is 24.7 Å². The highest BCUT2D eigenvalue weighted by Gasteiger charge is 2.35. The Morgan fingerprint density at radius 1 is 0.519 bits per heavy atom. The van der Waals surface area contributed by atoms with E-state index in [1.54, 1.807) is 22.3 Å². The third-order valence-electron chi connectivity index (χ3n) is 7.89. The monoisotopic (exact) mass is 364 g/mol. The Labute approximate surface area is 162 Å². The first-order valence-electron chi connectivity index (χ1n) is 11.6. The van der Waals surface area contributed by atoms with Gasteiger partial charge in [0.15, 0.2) is 0 Å². The lowest BCUT2D eigenvalue weighted by molar-refractivity contribution is 0.323. The van der Waals surface area contributed by atoms with E-state index in [2.05, 4.69) is 0 Å². The lowest BCUT2D eigenvalue weighted by Gasteiger charge is -2.28. The van der Waals surface area contributed by atoms with Gasteiger partial charge in [-0.2, -0.15) is 0 Å². The second-order valence-corrected chi connectivity index (χ2v) is 9.52. The molecule has 0 bridgehead atoms. The molecule has 6 rings (SSSR count). The maximum absolute atomic E-state index is 6.52. The SMILES string of the molecule is C1CCc2c(oc3c2CCC[C@@H]3C[C@@H]2CCCc3c2oc2c3CCCC2)C1. The molecule has 0 N–H and O–H groups in total. The summed E-state index contributed by atoms with van der Waals surface area (Å²) < 4.78 is 13.0. The molecule has 0 radical (unpaired) electrons. The van der Waals surface area contributed by atoms with Crippen molar-refractivity contribution in [1.29, 1.82) is 0 Å². The van der Waals surface area contributed by atoms with E-state index in [4.69, 9.17) is 8.83 Å². The van der Waals surface area contributed by atoms with E-state index in [-0.39, 0.29) is 0 Å². The summed E-state index contributed by atoms with van der Waals surface area (Å²) in [6.07, 6.45) is 19.3. The van der Waals surface area contributed by atoms with Crippen LogP contribution < -0.4 is 0 Å². The number of fused-ring (bicyclic) bond motifs is 6. The largest absolute Gasteiger partial charge is 0.465 e. The van der Waals surface area contributed by atoms with Gasteiger partial charge in [0.05, 0.1) is 0 Å². The van der Waals surface area contributed by atoms with Crippen LogP contribution in [0, 0.1) is 0 Å². The van der Waals surface area contributed by atoms with Crippen LogP contribution in [0.4, 0.5) is 0 Å². The van der Waals surface area contributed by atoms with Gasteiger partial charge in [-0.1, -0.05) is 0 Å². The predicted molar refractivity (Wildman–Crippen MR) is 107 cm³/mol. The van der Waals surface area contributed by atoms with Crippen LogP contribution in [0.1, 0.15) is 115 Å². The van der Waals surface area contributed by atoms with Crippen molar-refractivity contribution in [3.8, 4) is 0 Å². The lowest BCUT2D eigenvalue weighted by Crippen LogP contribution is -2.16. The van der Waals surface area contributed by atoms with E-state index in [1.807, 2.05) is 0 Å². The Hall–Kier alpha value is -1.44. The van der Waals surface area contributed by atoms with E-state index in [0.717, 1.165) is 0 Å². The Balaban J connectivity index is 1.31. The molecule has 27 heavy (non-hydrogen) atoms. The second kappa shape index (κ2) is 6.57. The van der Waals surface area contributed by atoms with E-state index < -0.39 is 0 Å². The highest BCUT2D eigenvalue weighted by Crippen LogP contribution is 2.47. The third kappa shape index (κ3) is 2.66. The molecule has 4 aliphatic carbocycles. The predicted octanol–water partition coefficient (Wildman–Crippen LogP) is 6.56.